The summed E-state index contributed by atoms with van der Waals surface area (Å²) in [5.74, 6) is -0.930. The maximum atomic E-state index is 11.9. The molecular formula is C11H11Cl3N2O5. The number of rotatable bonds is 5. The van der Waals surface area contributed by atoms with E-state index in [0.717, 1.165) is 6.07 Å². The lowest BCUT2D eigenvalue weighted by Crippen LogP contribution is -2.18. The van der Waals surface area contributed by atoms with E-state index < -0.39 is 20.4 Å². The van der Waals surface area contributed by atoms with Crippen LogP contribution in [0.1, 0.15) is 17.3 Å². The number of halogens is 3. The van der Waals surface area contributed by atoms with E-state index in [-0.39, 0.29) is 30.2 Å². The lowest BCUT2D eigenvalue weighted by molar-refractivity contribution is -0.383. The normalized spacial score (nSPS) is 11.0. The predicted molar refractivity (Wildman–Crippen MR) is 79.3 cm³/mol. The van der Waals surface area contributed by atoms with Crippen LogP contribution in [0.2, 0.25) is 0 Å². The van der Waals surface area contributed by atoms with Gasteiger partial charge in [-0.2, -0.15) is 0 Å². The molecule has 116 valence electrons. The zero-order valence-electron chi connectivity index (χ0n) is 10.8. The lowest BCUT2D eigenvalue weighted by atomic mass is 10.1. The van der Waals surface area contributed by atoms with Crippen LogP contribution >= 0.6 is 34.8 Å². The summed E-state index contributed by atoms with van der Waals surface area (Å²) in [7, 11) is 0. The highest BCUT2D eigenvalue weighted by molar-refractivity contribution is 6.67. The van der Waals surface area contributed by atoms with Crippen molar-refractivity contribution in [3.63, 3.8) is 0 Å². The molecule has 1 rings (SSSR count). The quantitative estimate of drug-likeness (QED) is 0.285. The topological polar surface area (TPSA) is 105 Å². The second-order valence-corrected chi connectivity index (χ2v) is 6.27. The molecule has 0 fully saturated rings. The minimum atomic E-state index is -1.72. The van der Waals surface area contributed by atoms with Crippen molar-refractivity contribution in [3.05, 3.63) is 27.8 Å². The van der Waals surface area contributed by atoms with E-state index in [1.807, 2.05) is 0 Å². The van der Waals surface area contributed by atoms with Crippen LogP contribution in [0.4, 0.5) is 11.4 Å². The first-order valence-corrected chi connectivity index (χ1v) is 6.74. The summed E-state index contributed by atoms with van der Waals surface area (Å²) in [6.07, 6.45) is 0. The Morgan fingerprint density at radius 2 is 2.05 bits per heavy atom. The molecule has 0 unspecified atom stereocenters. The Balaban J connectivity index is 3.26. The molecule has 2 N–H and O–H groups in total. The number of nitro benzene ring substituents is 1. The standard InChI is InChI=1S/C11H11Cl3N2O5/c1-2-20-10(17)8-7(21-5-11(12,13)14)4-3-6(9(8)15)16(18)19/h3-4H,2,5,15H2,1H3. The highest BCUT2D eigenvalue weighted by Gasteiger charge is 2.27. The largest absolute Gasteiger partial charge is 0.488 e. The molecule has 0 aliphatic heterocycles. The first-order valence-electron chi connectivity index (χ1n) is 5.61. The van der Waals surface area contributed by atoms with Crippen LogP contribution in [-0.2, 0) is 4.74 Å². The molecule has 0 aliphatic carbocycles. The van der Waals surface area contributed by atoms with Gasteiger partial charge in [-0.1, -0.05) is 34.8 Å². The van der Waals surface area contributed by atoms with Crippen molar-refractivity contribution in [2.45, 2.75) is 10.7 Å². The first-order chi connectivity index (χ1) is 9.67. The van der Waals surface area contributed by atoms with Crippen LogP contribution in [0.25, 0.3) is 0 Å². The summed E-state index contributed by atoms with van der Waals surface area (Å²) in [6, 6.07) is 2.28. The number of esters is 1. The smallest absolute Gasteiger partial charge is 0.344 e. The highest BCUT2D eigenvalue weighted by atomic mass is 35.6. The van der Waals surface area contributed by atoms with Gasteiger partial charge in [-0.05, 0) is 13.0 Å². The van der Waals surface area contributed by atoms with Gasteiger partial charge in [0.15, 0.2) is 0 Å². The Morgan fingerprint density at radius 3 is 2.52 bits per heavy atom. The first kappa shape index (κ1) is 17.6. The number of nitrogens with two attached hydrogens (primary N) is 1. The minimum Gasteiger partial charge on any atom is -0.488 e. The molecule has 0 saturated carbocycles. The second kappa shape index (κ2) is 7.02. The van der Waals surface area contributed by atoms with Gasteiger partial charge in [0.25, 0.3) is 5.69 Å². The maximum absolute atomic E-state index is 11.9. The fraction of sp³-hybridized carbons (Fsp3) is 0.364. The number of hydrogen-bond donors (Lipinski definition) is 1. The summed E-state index contributed by atoms with van der Waals surface area (Å²) in [4.78, 5) is 22.0. The van der Waals surface area contributed by atoms with Crippen LogP contribution in [0, 0.1) is 10.1 Å². The molecule has 0 bridgehead atoms. The minimum absolute atomic E-state index is 0.0604. The Hall–Kier alpha value is -1.44. The van der Waals surface area contributed by atoms with Crippen molar-refractivity contribution in [1.29, 1.82) is 0 Å². The van der Waals surface area contributed by atoms with Gasteiger partial charge >= 0.3 is 5.97 Å². The third-order valence-electron chi connectivity index (χ3n) is 2.25. The molecular weight excluding hydrogens is 346 g/mol. The number of alkyl halides is 3. The van der Waals surface area contributed by atoms with E-state index in [4.69, 9.17) is 50.0 Å². The van der Waals surface area contributed by atoms with Crippen molar-refractivity contribution in [1.82, 2.24) is 0 Å². The SMILES string of the molecule is CCOC(=O)c1c(OCC(Cl)(Cl)Cl)ccc([N+](=O)[O-])c1N. The number of nitrogens with zero attached hydrogens (tertiary/aromatic N) is 1. The molecule has 0 aliphatic rings. The fourth-order valence-corrected chi connectivity index (χ4v) is 1.61. The Labute approximate surface area is 135 Å². The molecule has 0 aromatic heterocycles. The van der Waals surface area contributed by atoms with E-state index in [9.17, 15) is 14.9 Å². The van der Waals surface area contributed by atoms with Crippen molar-refractivity contribution in [2.75, 3.05) is 18.9 Å². The predicted octanol–water partition coefficient (Wildman–Crippen LogP) is 3.10. The second-order valence-electron chi connectivity index (χ2n) is 3.75. The van der Waals surface area contributed by atoms with Gasteiger partial charge in [0, 0.05) is 6.07 Å². The number of ether oxygens (including phenoxy) is 2. The third-order valence-corrected chi connectivity index (χ3v) is 2.58. The molecule has 21 heavy (non-hydrogen) atoms. The van der Waals surface area contributed by atoms with E-state index >= 15 is 0 Å². The summed E-state index contributed by atoms with van der Waals surface area (Å²) in [6.45, 7) is 1.26. The third kappa shape index (κ3) is 4.80. The average molecular weight is 358 g/mol. The summed E-state index contributed by atoms with van der Waals surface area (Å²) < 4.78 is 8.26. The summed E-state index contributed by atoms with van der Waals surface area (Å²) in [5, 5.41) is 10.9. The zero-order valence-corrected chi connectivity index (χ0v) is 13.0. The molecule has 0 amide bonds. The monoisotopic (exact) mass is 356 g/mol. The number of benzene rings is 1. The number of nitro groups is 1. The fourth-order valence-electron chi connectivity index (χ4n) is 1.44. The van der Waals surface area contributed by atoms with E-state index in [0.29, 0.717) is 0 Å². The van der Waals surface area contributed by atoms with Crippen LogP contribution in [-0.4, -0.2) is 27.9 Å². The van der Waals surface area contributed by atoms with Gasteiger partial charge in [-0.25, -0.2) is 4.79 Å². The number of hydrogen-bond acceptors (Lipinski definition) is 6. The van der Waals surface area contributed by atoms with Gasteiger partial charge in [0.1, 0.15) is 23.6 Å². The molecule has 7 nitrogen and oxygen atoms in total. The van der Waals surface area contributed by atoms with Crippen molar-refractivity contribution < 1.29 is 19.2 Å². The average Bonchev–Trinajstić information content (AvgIpc) is 2.35. The molecule has 0 saturated heterocycles. The molecule has 0 spiro atoms. The number of carbonyl (C=O) groups excluding carboxylic acids is 1. The maximum Gasteiger partial charge on any atom is 0.344 e. The molecule has 10 heteroatoms. The van der Waals surface area contributed by atoms with Crippen molar-refractivity contribution in [3.8, 4) is 5.75 Å². The summed E-state index contributed by atoms with van der Waals surface area (Å²) in [5.41, 5.74) is 4.54. The molecule has 0 atom stereocenters. The van der Waals surface area contributed by atoms with Crippen molar-refractivity contribution >= 4 is 52.1 Å². The molecule has 0 radical (unpaired) electrons. The van der Waals surface area contributed by atoms with Gasteiger partial charge < -0.3 is 15.2 Å². The Kier molecular flexibility index (Phi) is 5.88. The molecule has 1 aromatic rings. The van der Waals surface area contributed by atoms with E-state index in [2.05, 4.69) is 0 Å². The van der Waals surface area contributed by atoms with E-state index in [1.165, 1.54) is 6.07 Å². The summed E-state index contributed by atoms with van der Waals surface area (Å²) >= 11 is 16.6. The van der Waals surface area contributed by atoms with Crippen LogP contribution in [0.15, 0.2) is 12.1 Å². The van der Waals surface area contributed by atoms with Crippen LogP contribution in [0.3, 0.4) is 0 Å². The van der Waals surface area contributed by atoms with Gasteiger partial charge in [-0.3, -0.25) is 10.1 Å². The molecule has 1 aromatic carbocycles. The Bertz CT molecular complexity index is 560. The van der Waals surface area contributed by atoms with Crippen molar-refractivity contribution in [2.24, 2.45) is 0 Å². The zero-order chi connectivity index (χ0) is 16.2. The van der Waals surface area contributed by atoms with E-state index in [1.54, 1.807) is 6.92 Å². The van der Waals surface area contributed by atoms with Gasteiger partial charge in [0.05, 0.1) is 11.5 Å². The number of carbonyl (C=O) groups is 1. The van der Waals surface area contributed by atoms with Gasteiger partial charge in [0.2, 0.25) is 3.79 Å². The Morgan fingerprint density at radius 1 is 1.43 bits per heavy atom. The molecule has 0 heterocycles. The number of anilines is 1. The highest BCUT2D eigenvalue weighted by Crippen LogP contribution is 2.35. The van der Waals surface area contributed by atoms with Gasteiger partial charge in [-0.15, -0.1) is 0 Å². The van der Waals surface area contributed by atoms with Crippen LogP contribution < -0.4 is 10.5 Å². The lowest BCUT2D eigenvalue weighted by Gasteiger charge is -2.16. The number of nitrogen functional groups attached to an aromatic ring is 1. The van der Waals surface area contributed by atoms with Crippen LogP contribution in [0.5, 0.6) is 5.75 Å².